The minimum Gasteiger partial charge on any atom is -0.356 e. The number of aromatic nitrogens is 2. The van der Waals surface area contributed by atoms with Crippen molar-refractivity contribution >= 4 is 5.82 Å². The second-order valence-corrected chi connectivity index (χ2v) is 4.75. The van der Waals surface area contributed by atoms with Crippen LogP contribution in [-0.2, 0) is 0 Å². The number of hydrogen-bond acceptors (Lipinski definition) is 3. The first-order valence-electron chi connectivity index (χ1n) is 6.60. The maximum Gasteiger partial charge on any atom is 0.252 e. The maximum absolute atomic E-state index is 11.6. The predicted molar refractivity (Wildman–Crippen MR) is 69.6 cm³/mol. The Kier molecular flexibility index (Phi) is 3.82. The van der Waals surface area contributed by atoms with Gasteiger partial charge in [-0.15, -0.1) is 0 Å². The van der Waals surface area contributed by atoms with E-state index in [9.17, 15) is 4.79 Å². The fraction of sp³-hybridized carbons (Fsp3) is 0.692. The molecule has 0 saturated heterocycles. The van der Waals surface area contributed by atoms with E-state index in [2.05, 4.69) is 28.7 Å². The molecule has 0 radical (unpaired) electrons. The molecule has 1 saturated carbocycles. The molecule has 0 aliphatic heterocycles. The topological polar surface area (TPSA) is 49.0 Å². The Morgan fingerprint density at radius 3 is 2.53 bits per heavy atom. The van der Waals surface area contributed by atoms with Crippen molar-refractivity contribution < 1.29 is 0 Å². The lowest BCUT2D eigenvalue weighted by Gasteiger charge is -2.22. The van der Waals surface area contributed by atoms with Crippen LogP contribution in [0.3, 0.4) is 0 Å². The van der Waals surface area contributed by atoms with Crippen molar-refractivity contribution in [3.05, 3.63) is 22.2 Å². The van der Waals surface area contributed by atoms with Crippen LogP contribution < -0.4 is 10.5 Å². The monoisotopic (exact) mass is 235 g/mol. The lowest BCUT2D eigenvalue weighted by molar-refractivity contribution is 0.725. The fourth-order valence-corrected chi connectivity index (χ4v) is 2.06. The van der Waals surface area contributed by atoms with Crippen LogP contribution in [0, 0.1) is 0 Å². The minimum atomic E-state index is -0.0193. The van der Waals surface area contributed by atoms with E-state index < -0.39 is 0 Å². The second kappa shape index (κ2) is 5.34. The van der Waals surface area contributed by atoms with Gasteiger partial charge in [-0.3, -0.25) is 4.79 Å². The predicted octanol–water partition coefficient (Wildman–Crippen LogP) is 2.27. The van der Waals surface area contributed by atoms with Gasteiger partial charge in [0.1, 0.15) is 11.6 Å². The Hall–Kier alpha value is -1.32. The molecule has 0 spiro atoms. The van der Waals surface area contributed by atoms with Crippen LogP contribution in [-0.4, -0.2) is 23.1 Å². The van der Waals surface area contributed by atoms with Crippen LogP contribution in [0.25, 0.3) is 0 Å². The molecule has 0 bridgehead atoms. The zero-order valence-electron chi connectivity index (χ0n) is 10.7. The van der Waals surface area contributed by atoms with Gasteiger partial charge < -0.3 is 9.88 Å². The Morgan fingerprint density at radius 2 is 2.00 bits per heavy atom. The Morgan fingerprint density at radius 1 is 1.35 bits per heavy atom. The van der Waals surface area contributed by atoms with E-state index in [1.165, 1.54) is 0 Å². The average molecular weight is 235 g/mol. The fourth-order valence-electron chi connectivity index (χ4n) is 2.06. The van der Waals surface area contributed by atoms with Crippen LogP contribution in [0.15, 0.2) is 10.9 Å². The molecule has 1 aromatic rings. The molecule has 0 atom stereocenters. The molecule has 4 nitrogen and oxygen atoms in total. The molecule has 94 valence electrons. The van der Waals surface area contributed by atoms with Crippen molar-refractivity contribution in [1.29, 1.82) is 0 Å². The van der Waals surface area contributed by atoms with Gasteiger partial charge in [0.25, 0.3) is 5.56 Å². The molecular weight excluding hydrogens is 214 g/mol. The second-order valence-electron chi connectivity index (χ2n) is 4.75. The van der Waals surface area contributed by atoms with Gasteiger partial charge in [0.15, 0.2) is 0 Å². The number of nitrogens with zero attached hydrogens (tertiary/aromatic N) is 2. The number of rotatable bonds is 6. The summed E-state index contributed by atoms with van der Waals surface area (Å²) in [5.74, 6) is 2.22. The molecule has 17 heavy (non-hydrogen) atoms. The third kappa shape index (κ3) is 3.08. The van der Waals surface area contributed by atoms with E-state index in [1.54, 1.807) is 6.07 Å². The van der Waals surface area contributed by atoms with E-state index in [0.717, 1.165) is 50.4 Å². The van der Waals surface area contributed by atoms with E-state index in [-0.39, 0.29) is 5.56 Å². The molecule has 1 fully saturated rings. The molecule has 0 unspecified atom stereocenters. The van der Waals surface area contributed by atoms with Crippen molar-refractivity contribution in [3.8, 4) is 0 Å². The van der Waals surface area contributed by atoms with Crippen molar-refractivity contribution in [3.63, 3.8) is 0 Å². The molecule has 0 aromatic carbocycles. The molecule has 1 N–H and O–H groups in total. The van der Waals surface area contributed by atoms with Crippen LogP contribution in [0.1, 0.15) is 51.3 Å². The highest BCUT2D eigenvalue weighted by Crippen LogP contribution is 2.37. The van der Waals surface area contributed by atoms with Crippen molar-refractivity contribution in [2.45, 2.75) is 45.4 Å². The number of H-pyrrole nitrogens is 1. The summed E-state index contributed by atoms with van der Waals surface area (Å²) in [7, 11) is 0. The van der Waals surface area contributed by atoms with Crippen molar-refractivity contribution in [2.24, 2.45) is 0 Å². The first-order valence-corrected chi connectivity index (χ1v) is 6.60. The third-order valence-corrected chi connectivity index (χ3v) is 3.02. The Labute approximate surface area is 102 Å². The smallest absolute Gasteiger partial charge is 0.252 e. The number of hydrogen-bond donors (Lipinski definition) is 1. The van der Waals surface area contributed by atoms with E-state index in [4.69, 9.17) is 0 Å². The number of aromatic amines is 1. The first-order chi connectivity index (χ1) is 8.24. The Bertz CT molecular complexity index is 417. The van der Waals surface area contributed by atoms with Gasteiger partial charge in [0, 0.05) is 25.1 Å². The summed E-state index contributed by atoms with van der Waals surface area (Å²) in [4.78, 5) is 21.3. The summed E-state index contributed by atoms with van der Waals surface area (Å²) in [5.41, 5.74) is -0.0193. The van der Waals surface area contributed by atoms with Gasteiger partial charge in [-0.1, -0.05) is 13.8 Å². The maximum atomic E-state index is 11.6. The molecule has 1 aliphatic rings. The van der Waals surface area contributed by atoms with Gasteiger partial charge in [0.05, 0.1) is 0 Å². The van der Waals surface area contributed by atoms with E-state index in [0.29, 0.717) is 5.92 Å². The summed E-state index contributed by atoms with van der Waals surface area (Å²) >= 11 is 0. The van der Waals surface area contributed by atoms with Crippen LogP contribution in [0.2, 0.25) is 0 Å². The van der Waals surface area contributed by atoms with Gasteiger partial charge in [-0.05, 0) is 25.7 Å². The molecule has 1 aromatic heterocycles. The SMILES string of the molecule is CCCN(CCC)c1cc(=O)[nH]c(C2CC2)n1. The first kappa shape index (κ1) is 12.1. The zero-order valence-corrected chi connectivity index (χ0v) is 10.7. The van der Waals surface area contributed by atoms with Crippen molar-refractivity contribution in [1.82, 2.24) is 9.97 Å². The molecule has 0 amide bonds. The van der Waals surface area contributed by atoms with Crippen LogP contribution in [0.4, 0.5) is 5.82 Å². The van der Waals surface area contributed by atoms with E-state index >= 15 is 0 Å². The molecule has 4 heteroatoms. The molecular formula is C13H21N3O. The minimum absolute atomic E-state index is 0.0193. The summed E-state index contributed by atoms with van der Waals surface area (Å²) in [6.07, 6.45) is 4.47. The highest BCUT2D eigenvalue weighted by molar-refractivity contribution is 5.38. The summed E-state index contributed by atoms with van der Waals surface area (Å²) < 4.78 is 0. The molecule has 2 rings (SSSR count). The highest BCUT2D eigenvalue weighted by atomic mass is 16.1. The normalized spacial score (nSPS) is 14.9. The summed E-state index contributed by atoms with van der Waals surface area (Å²) in [6, 6.07) is 1.62. The lowest BCUT2D eigenvalue weighted by atomic mass is 10.3. The average Bonchev–Trinajstić information content (AvgIpc) is 3.12. The third-order valence-electron chi connectivity index (χ3n) is 3.02. The summed E-state index contributed by atoms with van der Waals surface area (Å²) in [6.45, 7) is 6.23. The standard InChI is InChI=1S/C13H21N3O/c1-3-7-16(8-4-2)11-9-12(17)15-13(14-11)10-5-6-10/h9-10H,3-8H2,1-2H3,(H,14,15,17). The summed E-state index contributed by atoms with van der Waals surface area (Å²) in [5, 5.41) is 0. The highest BCUT2D eigenvalue weighted by Gasteiger charge is 2.26. The van der Waals surface area contributed by atoms with Gasteiger partial charge in [-0.25, -0.2) is 4.98 Å². The Balaban J connectivity index is 2.24. The van der Waals surface area contributed by atoms with Gasteiger partial charge >= 0.3 is 0 Å². The van der Waals surface area contributed by atoms with E-state index in [1.807, 2.05) is 0 Å². The van der Waals surface area contributed by atoms with Crippen molar-refractivity contribution in [2.75, 3.05) is 18.0 Å². The zero-order chi connectivity index (χ0) is 12.3. The quantitative estimate of drug-likeness (QED) is 0.823. The van der Waals surface area contributed by atoms with Crippen LogP contribution in [0.5, 0.6) is 0 Å². The number of anilines is 1. The molecule has 1 aliphatic carbocycles. The van der Waals surface area contributed by atoms with Crippen LogP contribution >= 0.6 is 0 Å². The van der Waals surface area contributed by atoms with Gasteiger partial charge in [0.2, 0.25) is 0 Å². The number of nitrogens with one attached hydrogen (secondary N) is 1. The van der Waals surface area contributed by atoms with Gasteiger partial charge in [-0.2, -0.15) is 0 Å². The lowest BCUT2D eigenvalue weighted by Crippen LogP contribution is -2.28. The largest absolute Gasteiger partial charge is 0.356 e. The molecule has 1 heterocycles.